The fraction of sp³-hybridized carbons (Fsp3) is 0.955. The minimum absolute atomic E-state index is 0.637. The number of hydrogen-bond acceptors (Lipinski definition) is 1. The molecular formula is C22H46N. The Labute approximate surface area is 148 Å². The van der Waals surface area contributed by atoms with Gasteiger partial charge in [0.15, 0.2) is 0 Å². The summed E-state index contributed by atoms with van der Waals surface area (Å²) in [6, 6.07) is 1.38. The molecule has 0 aromatic carbocycles. The minimum atomic E-state index is 0.637. The van der Waals surface area contributed by atoms with Crippen LogP contribution in [0.5, 0.6) is 0 Å². The van der Waals surface area contributed by atoms with E-state index in [0.717, 1.165) is 12.5 Å². The van der Waals surface area contributed by atoms with Gasteiger partial charge in [0.25, 0.3) is 0 Å². The summed E-state index contributed by atoms with van der Waals surface area (Å²) < 4.78 is 0. The summed E-state index contributed by atoms with van der Waals surface area (Å²) in [6.45, 7) is 10.9. The van der Waals surface area contributed by atoms with Gasteiger partial charge in [-0.2, -0.15) is 0 Å². The summed E-state index contributed by atoms with van der Waals surface area (Å²) in [5, 5.41) is 3.88. The van der Waals surface area contributed by atoms with Crippen LogP contribution in [-0.4, -0.2) is 12.1 Å². The first kappa shape index (κ1) is 23.0. The van der Waals surface area contributed by atoms with Gasteiger partial charge in [-0.15, -0.1) is 0 Å². The summed E-state index contributed by atoms with van der Waals surface area (Å²) in [6.07, 6.45) is 22.0. The van der Waals surface area contributed by atoms with E-state index in [9.17, 15) is 0 Å². The standard InChI is InChI=1S/C22H46N/c1-5-8-10-12-14-16-19-22(23-21(4)18-7-3)20-17-15-13-11-9-6-2/h21-23H,3,5-20H2,1-2,4H3. The first-order chi connectivity index (χ1) is 11.2. The molecule has 1 atom stereocenters. The van der Waals surface area contributed by atoms with E-state index in [-0.39, 0.29) is 0 Å². The molecule has 0 aliphatic rings. The van der Waals surface area contributed by atoms with Crippen molar-refractivity contribution in [2.75, 3.05) is 0 Å². The van der Waals surface area contributed by atoms with Crippen molar-refractivity contribution in [2.45, 2.75) is 136 Å². The zero-order chi connectivity index (χ0) is 17.2. The lowest BCUT2D eigenvalue weighted by Crippen LogP contribution is -2.36. The van der Waals surface area contributed by atoms with E-state index in [0.29, 0.717) is 6.04 Å². The number of hydrogen-bond donors (Lipinski definition) is 1. The lowest BCUT2D eigenvalue weighted by molar-refractivity contribution is 0.367. The Hall–Kier alpha value is -0.0400. The lowest BCUT2D eigenvalue weighted by Gasteiger charge is -2.23. The van der Waals surface area contributed by atoms with Crippen LogP contribution in [0.1, 0.15) is 124 Å². The van der Waals surface area contributed by atoms with Gasteiger partial charge in [-0.05, 0) is 26.2 Å². The minimum Gasteiger partial charge on any atom is -0.312 e. The second kappa shape index (κ2) is 18.3. The zero-order valence-corrected chi connectivity index (χ0v) is 16.7. The van der Waals surface area contributed by atoms with Gasteiger partial charge in [-0.1, -0.05) is 104 Å². The predicted octanol–water partition coefficient (Wildman–Crippen LogP) is 7.45. The maximum absolute atomic E-state index is 4.00. The highest BCUT2D eigenvalue weighted by atomic mass is 14.9. The molecule has 0 bridgehead atoms. The summed E-state index contributed by atoms with van der Waals surface area (Å²) in [4.78, 5) is 0. The maximum atomic E-state index is 4.00. The van der Waals surface area contributed by atoms with Crippen molar-refractivity contribution in [1.82, 2.24) is 5.32 Å². The molecule has 1 heteroatoms. The molecule has 1 radical (unpaired) electrons. The van der Waals surface area contributed by atoms with Crippen molar-refractivity contribution in [3.8, 4) is 0 Å². The predicted molar refractivity (Wildman–Crippen MR) is 107 cm³/mol. The van der Waals surface area contributed by atoms with Crippen LogP contribution >= 0.6 is 0 Å². The van der Waals surface area contributed by atoms with Gasteiger partial charge >= 0.3 is 0 Å². The third-order valence-corrected chi connectivity index (χ3v) is 4.97. The molecule has 0 fully saturated rings. The molecule has 0 saturated carbocycles. The second-order valence-electron chi connectivity index (χ2n) is 7.52. The number of rotatable bonds is 18. The fourth-order valence-electron chi connectivity index (χ4n) is 3.45. The van der Waals surface area contributed by atoms with Crippen molar-refractivity contribution in [3.63, 3.8) is 0 Å². The summed E-state index contributed by atoms with van der Waals surface area (Å²) in [7, 11) is 0. The van der Waals surface area contributed by atoms with Gasteiger partial charge in [0, 0.05) is 12.1 Å². The van der Waals surface area contributed by atoms with Crippen molar-refractivity contribution in [2.24, 2.45) is 0 Å². The molecule has 1 unspecified atom stereocenters. The van der Waals surface area contributed by atoms with Gasteiger partial charge in [-0.3, -0.25) is 0 Å². The van der Waals surface area contributed by atoms with Crippen LogP contribution in [-0.2, 0) is 0 Å². The molecule has 0 aliphatic heterocycles. The zero-order valence-electron chi connectivity index (χ0n) is 16.7. The third-order valence-electron chi connectivity index (χ3n) is 4.97. The Morgan fingerprint density at radius 2 is 1.09 bits per heavy atom. The van der Waals surface area contributed by atoms with Crippen LogP contribution < -0.4 is 5.32 Å². The smallest absolute Gasteiger partial charge is 0.00695 e. The van der Waals surface area contributed by atoms with E-state index in [1.165, 1.54) is 96.3 Å². The fourth-order valence-corrected chi connectivity index (χ4v) is 3.45. The van der Waals surface area contributed by atoms with Crippen molar-refractivity contribution in [3.05, 3.63) is 6.92 Å². The molecule has 0 aromatic heterocycles. The van der Waals surface area contributed by atoms with Gasteiger partial charge < -0.3 is 5.32 Å². The molecule has 139 valence electrons. The number of unbranched alkanes of at least 4 members (excludes halogenated alkanes) is 10. The van der Waals surface area contributed by atoms with E-state index < -0.39 is 0 Å². The van der Waals surface area contributed by atoms with Crippen LogP contribution in [0.15, 0.2) is 0 Å². The molecule has 0 heterocycles. The lowest BCUT2D eigenvalue weighted by atomic mass is 9.99. The highest BCUT2D eigenvalue weighted by Crippen LogP contribution is 2.15. The van der Waals surface area contributed by atoms with Gasteiger partial charge in [0.2, 0.25) is 0 Å². The SMILES string of the molecule is [CH2]CCC(C)NC(CCCCCCCC)CCCCCCCC. The van der Waals surface area contributed by atoms with Crippen molar-refractivity contribution < 1.29 is 0 Å². The largest absolute Gasteiger partial charge is 0.312 e. The Morgan fingerprint density at radius 1 is 0.652 bits per heavy atom. The first-order valence-corrected chi connectivity index (χ1v) is 10.8. The van der Waals surface area contributed by atoms with Crippen LogP contribution in [0.2, 0.25) is 0 Å². The molecule has 0 spiro atoms. The monoisotopic (exact) mass is 324 g/mol. The Bertz CT molecular complexity index is 198. The Kier molecular flexibility index (Phi) is 18.3. The highest BCUT2D eigenvalue weighted by Gasteiger charge is 2.11. The van der Waals surface area contributed by atoms with E-state index >= 15 is 0 Å². The highest BCUT2D eigenvalue weighted by molar-refractivity contribution is 4.72. The molecule has 0 saturated heterocycles. The quantitative estimate of drug-likeness (QED) is 0.258. The number of nitrogens with one attached hydrogen (secondary N) is 1. The van der Waals surface area contributed by atoms with E-state index in [2.05, 4.69) is 33.0 Å². The molecule has 0 aromatic rings. The normalized spacial score (nSPS) is 12.9. The topological polar surface area (TPSA) is 12.0 Å². The Balaban J connectivity index is 3.84. The van der Waals surface area contributed by atoms with Crippen LogP contribution in [0.4, 0.5) is 0 Å². The van der Waals surface area contributed by atoms with Gasteiger partial charge in [0.1, 0.15) is 0 Å². The van der Waals surface area contributed by atoms with E-state index in [1.54, 1.807) is 0 Å². The average molecular weight is 325 g/mol. The molecule has 0 amide bonds. The van der Waals surface area contributed by atoms with Crippen molar-refractivity contribution in [1.29, 1.82) is 0 Å². The Morgan fingerprint density at radius 3 is 1.52 bits per heavy atom. The maximum Gasteiger partial charge on any atom is 0.00695 e. The van der Waals surface area contributed by atoms with E-state index in [4.69, 9.17) is 0 Å². The first-order valence-electron chi connectivity index (χ1n) is 10.8. The van der Waals surface area contributed by atoms with E-state index in [1.807, 2.05) is 0 Å². The molecule has 23 heavy (non-hydrogen) atoms. The molecule has 0 aliphatic carbocycles. The molecular weight excluding hydrogens is 278 g/mol. The van der Waals surface area contributed by atoms with Crippen LogP contribution in [0, 0.1) is 6.92 Å². The van der Waals surface area contributed by atoms with Crippen LogP contribution in [0.3, 0.4) is 0 Å². The summed E-state index contributed by atoms with van der Waals surface area (Å²) in [5.41, 5.74) is 0. The summed E-state index contributed by atoms with van der Waals surface area (Å²) in [5.74, 6) is 0. The molecule has 1 nitrogen and oxygen atoms in total. The third kappa shape index (κ3) is 16.6. The van der Waals surface area contributed by atoms with Crippen LogP contribution in [0.25, 0.3) is 0 Å². The summed E-state index contributed by atoms with van der Waals surface area (Å²) >= 11 is 0. The molecule has 1 N–H and O–H groups in total. The van der Waals surface area contributed by atoms with Crippen molar-refractivity contribution >= 4 is 0 Å². The average Bonchev–Trinajstić information content (AvgIpc) is 2.53. The van der Waals surface area contributed by atoms with Gasteiger partial charge in [0.05, 0.1) is 0 Å². The van der Waals surface area contributed by atoms with Gasteiger partial charge in [-0.25, -0.2) is 0 Å². The second-order valence-corrected chi connectivity index (χ2v) is 7.52. The molecule has 0 rings (SSSR count).